The lowest BCUT2D eigenvalue weighted by atomic mass is 9.93. The topological polar surface area (TPSA) is 42.1 Å². The van der Waals surface area contributed by atoms with E-state index < -0.39 is 29.0 Å². The van der Waals surface area contributed by atoms with Crippen LogP contribution in [0.25, 0.3) is 10.9 Å². The molecule has 0 saturated carbocycles. The van der Waals surface area contributed by atoms with Crippen molar-refractivity contribution >= 4 is 22.3 Å². The minimum atomic E-state index is -1.35. The summed E-state index contributed by atoms with van der Waals surface area (Å²) in [7, 11) is 0. The van der Waals surface area contributed by atoms with Gasteiger partial charge in [0.15, 0.2) is 0 Å². The van der Waals surface area contributed by atoms with Gasteiger partial charge in [0.2, 0.25) is 0 Å². The summed E-state index contributed by atoms with van der Waals surface area (Å²) < 4.78 is 43.3. The maximum absolute atomic E-state index is 14.7. The molecule has 1 aromatic heterocycles. The van der Waals surface area contributed by atoms with Gasteiger partial charge in [-0.2, -0.15) is 0 Å². The Hall–Kier alpha value is -1.89. The molecule has 0 saturated heterocycles. The number of aryl methyl sites for hydroxylation is 1. The van der Waals surface area contributed by atoms with E-state index in [4.69, 9.17) is 0 Å². The average Bonchev–Trinajstić information content (AvgIpc) is 2.92. The molecular weight excluding hydrogens is 342 g/mol. The number of aromatic nitrogens is 1. The number of aromatic amines is 1. The maximum atomic E-state index is 14.7. The zero-order valence-corrected chi connectivity index (χ0v) is 14.8. The number of benzene rings is 2. The van der Waals surface area contributed by atoms with Crippen molar-refractivity contribution in [1.82, 2.24) is 9.29 Å². The second-order valence-electron chi connectivity index (χ2n) is 6.42. The molecule has 6 heteroatoms. The molecule has 2 atom stereocenters. The third-order valence-electron chi connectivity index (χ3n) is 4.82. The van der Waals surface area contributed by atoms with Crippen molar-refractivity contribution in [2.75, 3.05) is 12.8 Å². The summed E-state index contributed by atoms with van der Waals surface area (Å²) in [6.45, 7) is 2.14. The largest absolute Gasteiger partial charge is 0.598 e. The molecule has 2 aromatic carbocycles. The molecule has 0 radical (unpaired) electrons. The van der Waals surface area contributed by atoms with E-state index in [2.05, 4.69) is 4.98 Å². The Bertz CT molecular complexity index is 931. The van der Waals surface area contributed by atoms with E-state index in [0.717, 1.165) is 22.2 Å². The van der Waals surface area contributed by atoms with Gasteiger partial charge in [-0.15, -0.1) is 4.31 Å². The van der Waals surface area contributed by atoms with Crippen LogP contribution in [0.1, 0.15) is 28.4 Å². The zero-order chi connectivity index (χ0) is 17.7. The summed E-state index contributed by atoms with van der Waals surface area (Å²) in [6, 6.07) is 9.73. The standard InChI is InChI=1S/C19H18F2N2OS/c1-11-9-14(20)17(15(21)10-11)19-18-13(7-8-23(19)25(2)24)12-5-3-4-6-16(12)22-18/h3-6,9-10,19,22H,7-8H2,1-2H3. The molecule has 0 spiro atoms. The molecular formula is C19H18F2N2OS. The molecule has 25 heavy (non-hydrogen) atoms. The summed E-state index contributed by atoms with van der Waals surface area (Å²) in [6.07, 6.45) is 2.23. The quantitative estimate of drug-likeness (QED) is 0.702. The van der Waals surface area contributed by atoms with E-state index in [-0.39, 0.29) is 5.56 Å². The Balaban J connectivity index is 1.98. The van der Waals surface area contributed by atoms with Gasteiger partial charge in [0.25, 0.3) is 0 Å². The summed E-state index contributed by atoms with van der Waals surface area (Å²) in [5.41, 5.74) is 3.17. The first-order chi connectivity index (χ1) is 12.0. The molecule has 4 rings (SSSR count). The molecule has 1 N–H and O–H groups in total. The molecule has 130 valence electrons. The van der Waals surface area contributed by atoms with Crippen LogP contribution in [-0.4, -0.2) is 26.6 Å². The molecule has 0 bridgehead atoms. The summed E-state index contributed by atoms with van der Waals surface area (Å²) in [5.74, 6) is -1.21. The van der Waals surface area contributed by atoms with Crippen LogP contribution in [0, 0.1) is 18.6 Å². The fraction of sp³-hybridized carbons (Fsp3) is 0.263. The molecule has 3 nitrogen and oxygen atoms in total. The van der Waals surface area contributed by atoms with Gasteiger partial charge in [-0.05, 0) is 42.7 Å². The molecule has 0 amide bonds. The normalized spacial score (nSPS) is 19.2. The Kier molecular flexibility index (Phi) is 4.06. The van der Waals surface area contributed by atoms with E-state index in [9.17, 15) is 13.3 Å². The van der Waals surface area contributed by atoms with Gasteiger partial charge in [0.1, 0.15) is 23.9 Å². The van der Waals surface area contributed by atoms with Crippen molar-refractivity contribution < 1.29 is 13.3 Å². The number of rotatable bonds is 2. The molecule has 2 heterocycles. The summed E-state index contributed by atoms with van der Waals surface area (Å²) in [5, 5.41) is 1.05. The first kappa shape index (κ1) is 16.6. The Morgan fingerprint density at radius 1 is 1.20 bits per heavy atom. The van der Waals surface area contributed by atoms with Gasteiger partial charge >= 0.3 is 0 Å². The average molecular weight is 360 g/mol. The summed E-state index contributed by atoms with van der Waals surface area (Å²) in [4.78, 5) is 3.31. The SMILES string of the molecule is Cc1cc(F)c(C2c3[nH]c4ccccc4c3CCN2[S+](C)[O-])c(F)c1. The monoisotopic (exact) mass is 360 g/mol. The van der Waals surface area contributed by atoms with E-state index in [0.29, 0.717) is 18.5 Å². The summed E-state index contributed by atoms with van der Waals surface area (Å²) >= 11 is -1.35. The van der Waals surface area contributed by atoms with Crippen molar-refractivity contribution in [3.05, 3.63) is 70.4 Å². The van der Waals surface area contributed by atoms with E-state index in [1.165, 1.54) is 12.1 Å². The van der Waals surface area contributed by atoms with Gasteiger partial charge in [-0.25, -0.2) is 8.78 Å². The Morgan fingerprint density at radius 3 is 2.56 bits per heavy atom. The van der Waals surface area contributed by atoms with Crippen LogP contribution < -0.4 is 0 Å². The minimum Gasteiger partial charge on any atom is -0.598 e. The van der Waals surface area contributed by atoms with Crippen molar-refractivity contribution in [3.8, 4) is 0 Å². The smallest absolute Gasteiger partial charge is 0.131 e. The van der Waals surface area contributed by atoms with Gasteiger partial charge in [0, 0.05) is 34.5 Å². The number of nitrogens with one attached hydrogen (secondary N) is 1. The minimum absolute atomic E-state index is 0.0479. The van der Waals surface area contributed by atoms with Crippen molar-refractivity contribution in [2.24, 2.45) is 0 Å². The highest BCUT2D eigenvalue weighted by Crippen LogP contribution is 2.41. The van der Waals surface area contributed by atoms with Gasteiger partial charge in [0.05, 0.1) is 5.56 Å². The first-order valence-electron chi connectivity index (χ1n) is 8.12. The number of nitrogens with zero attached hydrogens (tertiary/aromatic N) is 1. The third kappa shape index (κ3) is 2.65. The van der Waals surface area contributed by atoms with Gasteiger partial charge in [-0.1, -0.05) is 18.2 Å². The third-order valence-corrected chi connectivity index (χ3v) is 5.87. The lowest BCUT2D eigenvalue weighted by Crippen LogP contribution is -2.40. The zero-order valence-electron chi connectivity index (χ0n) is 14.0. The van der Waals surface area contributed by atoms with E-state index >= 15 is 0 Å². The van der Waals surface area contributed by atoms with Crippen molar-refractivity contribution in [1.29, 1.82) is 0 Å². The Labute approximate surface area is 148 Å². The van der Waals surface area contributed by atoms with E-state index in [1.807, 2.05) is 24.3 Å². The fourth-order valence-electron chi connectivity index (χ4n) is 3.76. The molecule has 0 fully saturated rings. The van der Waals surface area contributed by atoms with E-state index in [1.54, 1.807) is 17.5 Å². The van der Waals surface area contributed by atoms with Crippen molar-refractivity contribution in [2.45, 2.75) is 19.4 Å². The highest BCUT2D eigenvalue weighted by molar-refractivity contribution is 7.88. The van der Waals surface area contributed by atoms with Crippen LogP contribution in [0.3, 0.4) is 0 Å². The van der Waals surface area contributed by atoms with Gasteiger partial charge in [-0.3, -0.25) is 0 Å². The van der Waals surface area contributed by atoms with Crippen LogP contribution >= 0.6 is 0 Å². The predicted octanol–water partition coefficient (Wildman–Crippen LogP) is 4.00. The molecule has 2 unspecified atom stereocenters. The first-order valence-corrected chi connectivity index (χ1v) is 9.64. The predicted molar refractivity (Wildman–Crippen MR) is 95.7 cm³/mol. The Morgan fingerprint density at radius 2 is 1.88 bits per heavy atom. The van der Waals surface area contributed by atoms with Crippen LogP contribution in [0.5, 0.6) is 0 Å². The molecule has 0 aliphatic carbocycles. The number of hydrogen-bond acceptors (Lipinski definition) is 2. The maximum Gasteiger partial charge on any atom is 0.131 e. The van der Waals surface area contributed by atoms with Crippen LogP contribution in [0.15, 0.2) is 36.4 Å². The highest BCUT2D eigenvalue weighted by Gasteiger charge is 2.39. The lowest BCUT2D eigenvalue weighted by Gasteiger charge is -2.34. The number of H-pyrrole nitrogens is 1. The second-order valence-corrected chi connectivity index (χ2v) is 7.74. The molecule has 1 aliphatic rings. The van der Waals surface area contributed by atoms with Crippen molar-refractivity contribution in [3.63, 3.8) is 0 Å². The molecule has 1 aliphatic heterocycles. The second kappa shape index (κ2) is 6.12. The van der Waals surface area contributed by atoms with Crippen LogP contribution in [-0.2, 0) is 17.8 Å². The number of fused-ring (bicyclic) bond motifs is 3. The number of para-hydroxylation sites is 1. The van der Waals surface area contributed by atoms with Crippen LogP contribution in [0.2, 0.25) is 0 Å². The number of hydrogen-bond donors (Lipinski definition) is 1. The lowest BCUT2D eigenvalue weighted by molar-refractivity contribution is 0.327. The molecule has 3 aromatic rings. The van der Waals surface area contributed by atoms with Crippen LogP contribution in [0.4, 0.5) is 8.78 Å². The number of halogens is 2. The van der Waals surface area contributed by atoms with Gasteiger partial charge < -0.3 is 9.54 Å². The fourth-order valence-corrected chi connectivity index (χ4v) is 4.61. The highest BCUT2D eigenvalue weighted by atomic mass is 32.2.